The van der Waals surface area contributed by atoms with E-state index in [9.17, 15) is 0 Å². The topological polar surface area (TPSA) is 24.7 Å². The molecule has 0 unspecified atom stereocenters. The zero-order chi connectivity index (χ0) is 17.0. The number of benzene rings is 2. The van der Waals surface area contributed by atoms with E-state index in [0.717, 1.165) is 40.3 Å². The van der Waals surface area contributed by atoms with Gasteiger partial charge in [0.1, 0.15) is 0 Å². The van der Waals surface area contributed by atoms with Gasteiger partial charge in [-0.25, -0.2) is 0 Å². The molecule has 2 aromatic carbocycles. The fraction of sp³-hybridized carbons (Fsp3) is 0.263. The lowest BCUT2D eigenvalue weighted by atomic mass is 10.1. The fourth-order valence-electron chi connectivity index (χ4n) is 2.21. The smallest absolute Gasteiger partial charge is 0.0677 e. The Morgan fingerprint density at radius 3 is 1.83 bits per heavy atom. The van der Waals surface area contributed by atoms with E-state index < -0.39 is 0 Å². The molecule has 4 heteroatoms. The van der Waals surface area contributed by atoms with Crippen LogP contribution in [0.5, 0.6) is 0 Å². The molecule has 0 saturated heterocycles. The van der Waals surface area contributed by atoms with Gasteiger partial charge in [-0.15, -0.1) is 0 Å². The minimum Gasteiger partial charge on any atom is -0.252 e. The van der Waals surface area contributed by atoms with E-state index >= 15 is 0 Å². The van der Waals surface area contributed by atoms with Crippen molar-refractivity contribution in [3.8, 4) is 0 Å². The van der Waals surface area contributed by atoms with Crippen molar-refractivity contribution in [1.29, 1.82) is 0 Å². The summed E-state index contributed by atoms with van der Waals surface area (Å²) in [6, 6.07) is 11.4. The molecule has 23 heavy (non-hydrogen) atoms. The average molecular weight is 347 g/mol. The molecule has 0 spiro atoms. The van der Waals surface area contributed by atoms with Crippen LogP contribution in [0.2, 0.25) is 10.0 Å². The summed E-state index contributed by atoms with van der Waals surface area (Å²) in [5, 5.41) is 1.37. The minimum atomic E-state index is 0.683. The first-order valence-corrected chi connectivity index (χ1v) is 8.32. The Kier molecular flexibility index (Phi) is 5.97. The van der Waals surface area contributed by atoms with Crippen LogP contribution >= 0.6 is 23.2 Å². The number of aliphatic imine (C=N–C) groups is 2. The zero-order valence-electron chi connectivity index (χ0n) is 13.8. The van der Waals surface area contributed by atoms with Crippen LogP contribution in [-0.4, -0.2) is 11.4 Å². The molecule has 120 valence electrons. The molecule has 0 saturated carbocycles. The molecule has 0 atom stereocenters. The summed E-state index contributed by atoms with van der Waals surface area (Å²) in [5.74, 6) is 0. The summed E-state index contributed by atoms with van der Waals surface area (Å²) in [4.78, 5) is 9.46. The summed E-state index contributed by atoms with van der Waals surface area (Å²) >= 11 is 12.1. The van der Waals surface area contributed by atoms with E-state index in [1.807, 2.05) is 57.2 Å². The van der Waals surface area contributed by atoms with Crippen LogP contribution in [-0.2, 0) is 0 Å². The molecule has 0 aliphatic rings. The van der Waals surface area contributed by atoms with Crippen LogP contribution < -0.4 is 0 Å². The van der Waals surface area contributed by atoms with Gasteiger partial charge in [0, 0.05) is 10.0 Å². The van der Waals surface area contributed by atoms with Gasteiger partial charge in [0.2, 0.25) is 0 Å². The number of rotatable bonds is 4. The SMILES string of the molecule is CCC(=N/c1cc(Cl)ccc1C)/C(C)=N\c1cc(Cl)ccc1C. The predicted molar refractivity (Wildman–Crippen MR) is 103 cm³/mol. The highest BCUT2D eigenvalue weighted by Gasteiger charge is 2.06. The lowest BCUT2D eigenvalue weighted by Gasteiger charge is -2.08. The summed E-state index contributed by atoms with van der Waals surface area (Å²) in [6.45, 7) is 8.09. The normalized spacial score (nSPS) is 12.6. The number of hydrogen-bond acceptors (Lipinski definition) is 2. The Balaban J connectivity index is 2.43. The molecule has 0 bridgehead atoms. The molecular formula is C19H20Cl2N2. The second kappa shape index (κ2) is 7.76. The van der Waals surface area contributed by atoms with E-state index in [-0.39, 0.29) is 0 Å². The number of aryl methyl sites for hydroxylation is 2. The summed E-state index contributed by atoms with van der Waals surface area (Å²) in [6.07, 6.45) is 0.793. The van der Waals surface area contributed by atoms with Crippen molar-refractivity contribution in [3.05, 3.63) is 57.6 Å². The third kappa shape index (κ3) is 4.66. The van der Waals surface area contributed by atoms with Crippen molar-refractivity contribution in [2.45, 2.75) is 34.1 Å². The van der Waals surface area contributed by atoms with Gasteiger partial charge < -0.3 is 0 Å². The van der Waals surface area contributed by atoms with Gasteiger partial charge in [-0.05, 0) is 62.6 Å². The first kappa shape index (κ1) is 17.7. The van der Waals surface area contributed by atoms with Gasteiger partial charge in [0.05, 0.1) is 22.8 Å². The Bertz CT molecular complexity index is 777. The Morgan fingerprint density at radius 1 is 0.870 bits per heavy atom. The van der Waals surface area contributed by atoms with E-state index in [1.54, 1.807) is 0 Å². The van der Waals surface area contributed by atoms with E-state index in [4.69, 9.17) is 33.2 Å². The highest BCUT2D eigenvalue weighted by molar-refractivity contribution is 6.42. The van der Waals surface area contributed by atoms with Gasteiger partial charge in [-0.1, -0.05) is 42.3 Å². The van der Waals surface area contributed by atoms with Crippen molar-refractivity contribution < 1.29 is 0 Å². The Hall–Kier alpha value is -1.64. The number of hydrogen-bond donors (Lipinski definition) is 0. The zero-order valence-corrected chi connectivity index (χ0v) is 15.3. The standard InChI is InChI=1S/C19H20Cl2N2/c1-5-17(23-19-11-16(21)9-7-13(19)3)14(4)22-18-10-15(20)8-6-12(18)2/h6-11H,5H2,1-4H3/b22-14-,23-17-. The summed E-state index contributed by atoms with van der Waals surface area (Å²) in [5.41, 5.74) is 5.76. The van der Waals surface area contributed by atoms with Crippen molar-refractivity contribution in [2.24, 2.45) is 9.98 Å². The maximum absolute atomic E-state index is 6.08. The van der Waals surface area contributed by atoms with E-state index in [0.29, 0.717) is 10.0 Å². The molecule has 0 amide bonds. The first-order valence-electron chi connectivity index (χ1n) is 7.56. The lowest BCUT2D eigenvalue weighted by molar-refractivity contribution is 1.27. The van der Waals surface area contributed by atoms with Crippen LogP contribution in [0.3, 0.4) is 0 Å². The van der Waals surface area contributed by atoms with Crippen molar-refractivity contribution in [3.63, 3.8) is 0 Å². The summed E-state index contributed by atoms with van der Waals surface area (Å²) < 4.78 is 0. The van der Waals surface area contributed by atoms with E-state index in [2.05, 4.69) is 6.92 Å². The highest BCUT2D eigenvalue weighted by atomic mass is 35.5. The maximum Gasteiger partial charge on any atom is 0.0677 e. The lowest BCUT2D eigenvalue weighted by Crippen LogP contribution is -2.08. The van der Waals surface area contributed by atoms with Crippen LogP contribution in [0.4, 0.5) is 11.4 Å². The van der Waals surface area contributed by atoms with Gasteiger partial charge >= 0.3 is 0 Å². The molecule has 0 aliphatic heterocycles. The Morgan fingerprint density at radius 2 is 1.35 bits per heavy atom. The van der Waals surface area contributed by atoms with E-state index in [1.165, 1.54) is 0 Å². The predicted octanol–water partition coefficient (Wildman–Crippen LogP) is 6.89. The van der Waals surface area contributed by atoms with Gasteiger partial charge in [-0.2, -0.15) is 0 Å². The highest BCUT2D eigenvalue weighted by Crippen LogP contribution is 2.25. The van der Waals surface area contributed by atoms with Crippen molar-refractivity contribution in [1.82, 2.24) is 0 Å². The molecular weight excluding hydrogens is 327 g/mol. The summed E-state index contributed by atoms with van der Waals surface area (Å²) in [7, 11) is 0. The van der Waals surface area contributed by atoms with Gasteiger partial charge in [0.25, 0.3) is 0 Å². The third-order valence-electron chi connectivity index (χ3n) is 3.64. The minimum absolute atomic E-state index is 0.683. The quantitative estimate of drug-likeness (QED) is 0.538. The molecule has 0 aliphatic carbocycles. The molecule has 0 heterocycles. The van der Waals surface area contributed by atoms with Gasteiger partial charge in [0.15, 0.2) is 0 Å². The van der Waals surface area contributed by atoms with Gasteiger partial charge in [-0.3, -0.25) is 9.98 Å². The third-order valence-corrected chi connectivity index (χ3v) is 4.11. The average Bonchev–Trinajstić information content (AvgIpc) is 2.51. The Labute approximate surface area is 147 Å². The second-order valence-corrected chi connectivity index (χ2v) is 6.34. The second-order valence-electron chi connectivity index (χ2n) is 5.47. The van der Waals surface area contributed by atoms with Crippen LogP contribution in [0.1, 0.15) is 31.4 Å². The largest absolute Gasteiger partial charge is 0.252 e. The van der Waals surface area contributed by atoms with Crippen LogP contribution in [0, 0.1) is 13.8 Å². The molecule has 0 aromatic heterocycles. The van der Waals surface area contributed by atoms with Crippen molar-refractivity contribution in [2.75, 3.05) is 0 Å². The number of nitrogens with zero attached hydrogens (tertiary/aromatic N) is 2. The fourth-order valence-corrected chi connectivity index (χ4v) is 2.55. The van der Waals surface area contributed by atoms with Crippen LogP contribution in [0.15, 0.2) is 46.4 Å². The molecule has 0 radical (unpaired) electrons. The van der Waals surface area contributed by atoms with Crippen LogP contribution in [0.25, 0.3) is 0 Å². The first-order chi connectivity index (χ1) is 10.9. The number of halogens is 2. The molecule has 2 aromatic rings. The molecule has 2 rings (SSSR count). The molecule has 0 N–H and O–H groups in total. The molecule has 2 nitrogen and oxygen atoms in total. The maximum atomic E-state index is 6.08. The monoisotopic (exact) mass is 346 g/mol. The van der Waals surface area contributed by atoms with Crippen molar-refractivity contribution >= 4 is 46.0 Å². The molecule has 0 fully saturated rings.